The number of hydrogen-bond acceptors (Lipinski definition) is 4. The third-order valence-electron chi connectivity index (χ3n) is 2.70. The number of hydrogen-bond donors (Lipinski definition) is 2. The summed E-state index contributed by atoms with van der Waals surface area (Å²) in [7, 11) is 0. The van der Waals surface area contributed by atoms with Crippen LogP contribution in [-0.2, 0) is 6.54 Å². The number of halogens is 2. The largest absolute Gasteiger partial charge is 0.392 e. The number of nitrogens with zero attached hydrogens (tertiary/aromatic N) is 2. The van der Waals surface area contributed by atoms with Gasteiger partial charge in [0.15, 0.2) is 5.15 Å². The van der Waals surface area contributed by atoms with Crippen LogP contribution in [0.4, 0.5) is 5.69 Å². The Labute approximate surface area is 123 Å². The van der Waals surface area contributed by atoms with Gasteiger partial charge in [-0.05, 0) is 17.7 Å². The van der Waals surface area contributed by atoms with E-state index < -0.39 is 11.5 Å². The average molecular weight is 313 g/mol. The van der Waals surface area contributed by atoms with Crippen molar-refractivity contribution in [1.29, 1.82) is 0 Å². The number of carbonyl (C=O) groups is 1. The summed E-state index contributed by atoms with van der Waals surface area (Å²) in [6.45, 7) is 0.158. The molecule has 1 heterocycles. The Morgan fingerprint density at radius 2 is 2.05 bits per heavy atom. The van der Waals surface area contributed by atoms with Gasteiger partial charge in [0, 0.05) is 10.6 Å². The molecule has 0 saturated carbocycles. The Hall–Kier alpha value is -2.05. The lowest BCUT2D eigenvalue weighted by Gasteiger charge is -2.09. The van der Waals surface area contributed by atoms with Gasteiger partial charge in [0.2, 0.25) is 5.91 Å². The molecule has 0 bridgehead atoms. The summed E-state index contributed by atoms with van der Waals surface area (Å²) < 4.78 is 1.27. The zero-order valence-electron chi connectivity index (χ0n) is 10.1. The first kappa shape index (κ1) is 14.4. The first-order chi connectivity index (χ1) is 9.40. The second-order valence-corrected chi connectivity index (χ2v) is 4.82. The minimum absolute atomic E-state index is 0.0403. The average Bonchev–Trinajstić information content (AvgIpc) is 2.41. The molecule has 0 unspecified atom stereocenters. The lowest BCUT2D eigenvalue weighted by atomic mass is 10.1. The zero-order valence-corrected chi connectivity index (χ0v) is 11.6. The molecule has 0 fully saturated rings. The van der Waals surface area contributed by atoms with Crippen molar-refractivity contribution in [3.8, 4) is 0 Å². The number of benzene rings is 1. The van der Waals surface area contributed by atoms with Crippen LogP contribution in [0.1, 0.15) is 15.9 Å². The molecule has 2 aromatic rings. The number of aromatic nitrogens is 2. The van der Waals surface area contributed by atoms with Crippen molar-refractivity contribution >= 4 is 34.8 Å². The van der Waals surface area contributed by atoms with E-state index in [9.17, 15) is 9.59 Å². The maximum absolute atomic E-state index is 11.9. The fourth-order valence-electron chi connectivity index (χ4n) is 1.61. The van der Waals surface area contributed by atoms with Gasteiger partial charge >= 0.3 is 0 Å². The molecule has 8 heteroatoms. The maximum atomic E-state index is 11.9. The Morgan fingerprint density at radius 3 is 2.65 bits per heavy atom. The quantitative estimate of drug-likeness (QED) is 0.833. The first-order valence-electron chi connectivity index (χ1n) is 5.48. The van der Waals surface area contributed by atoms with Crippen molar-refractivity contribution < 1.29 is 4.79 Å². The van der Waals surface area contributed by atoms with Gasteiger partial charge in [0.25, 0.3) is 5.56 Å². The van der Waals surface area contributed by atoms with Crippen LogP contribution in [0.15, 0.2) is 29.3 Å². The molecule has 0 aliphatic heterocycles. The van der Waals surface area contributed by atoms with Gasteiger partial charge in [-0.1, -0.05) is 29.3 Å². The third kappa shape index (κ3) is 2.76. The third-order valence-corrected chi connectivity index (χ3v) is 3.36. The second-order valence-electron chi connectivity index (χ2n) is 4.05. The molecule has 20 heavy (non-hydrogen) atoms. The number of rotatable bonds is 3. The maximum Gasteiger partial charge on any atom is 0.278 e. The highest BCUT2D eigenvalue weighted by Gasteiger charge is 2.10. The highest BCUT2D eigenvalue weighted by atomic mass is 35.5. The van der Waals surface area contributed by atoms with Crippen LogP contribution in [0, 0.1) is 0 Å². The molecule has 0 spiro atoms. The highest BCUT2D eigenvalue weighted by molar-refractivity contribution is 6.32. The number of nitrogens with two attached hydrogens (primary N) is 2. The summed E-state index contributed by atoms with van der Waals surface area (Å²) in [6.07, 6.45) is 1.28. The molecule has 1 aromatic heterocycles. The Kier molecular flexibility index (Phi) is 3.96. The molecule has 1 aromatic carbocycles. The Morgan fingerprint density at radius 1 is 1.35 bits per heavy atom. The summed E-state index contributed by atoms with van der Waals surface area (Å²) in [5.74, 6) is -0.576. The van der Waals surface area contributed by atoms with E-state index >= 15 is 0 Å². The lowest BCUT2D eigenvalue weighted by Crippen LogP contribution is -2.24. The minimum Gasteiger partial charge on any atom is -0.392 e. The molecular formula is C12H10Cl2N4O2. The van der Waals surface area contributed by atoms with Crippen LogP contribution in [-0.4, -0.2) is 15.5 Å². The van der Waals surface area contributed by atoms with E-state index in [1.165, 1.54) is 23.0 Å². The van der Waals surface area contributed by atoms with Crippen LogP contribution < -0.4 is 17.0 Å². The summed E-state index contributed by atoms with van der Waals surface area (Å²) >= 11 is 11.7. The van der Waals surface area contributed by atoms with E-state index in [2.05, 4.69) is 4.98 Å². The van der Waals surface area contributed by atoms with Crippen molar-refractivity contribution in [3.63, 3.8) is 0 Å². The standard InChI is InChI=1S/C12H10Cl2N4O2/c13-8-3-6(11(16)19)1-2-7(8)4-18-5-17-10(14)9(15)12(18)20/h1-3,5H,4,15H2,(H2,16,19). The molecule has 2 rings (SSSR count). The van der Waals surface area contributed by atoms with E-state index in [1.54, 1.807) is 6.07 Å². The van der Waals surface area contributed by atoms with Crippen molar-refractivity contribution in [2.24, 2.45) is 5.73 Å². The molecule has 0 aliphatic carbocycles. The number of carbonyl (C=O) groups excluding carboxylic acids is 1. The molecule has 4 N–H and O–H groups in total. The van der Waals surface area contributed by atoms with Crippen molar-refractivity contribution in [2.75, 3.05) is 5.73 Å². The molecule has 6 nitrogen and oxygen atoms in total. The van der Waals surface area contributed by atoms with Gasteiger partial charge in [0.05, 0.1) is 12.9 Å². The van der Waals surface area contributed by atoms with Crippen LogP contribution in [0.5, 0.6) is 0 Å². The summed E-state index contributed by atoms with van der Waals surface area (Å²) in [6, 6.07) is 4.58. The van der Waals surface area contributed by atoms with Gasteiger partial charge in [0.1, 0.15) is 5.69 Å². The normalized spacial score (nSPS) is 10.5. The Balaban J connectivity index is 2.38. The van der Waals surface area contributed by atoms with Crippen LogP contribution >= 0.6 is 23.2 Å². The van der Waals surface area contributed by atoms with E-state index in [4.69, 9.17) is 34.7 Å². The fraction of sp³-hybridized carbons (Fsp3) is 0.0833. The smallest absolute Gasteiger partial charge is 0.278 e. The molecule has 0 aliphatic rings. The monoisotopic (exact) mass is 312 g/mol. The summed E-state index contributed by atoms with van der Waals surface area (Å²) in [4.78, 5) is 26.7. The van der Waals surface area contributed by atoms with E-state index in [0.717, 1.165) is 0 Å². The summed E-state index contributed by atoms with van der Waals surface area (Å²) in [5, 5.41) is 0.281. The van der Waals surface area contributed by atoms with E-state index in [-0.39, 0.29) is 17.4 Å². The van der Waals surface area contributed by atoms with Crippen LogP contribution in [0.3, 0.4) is 0 Å². The van der Waals surface area contributed by atoms with E-state index in [0.29, 0.717) is 16.1 Å². The van der Waals surface area contributed by atoms with Crippen LogP contribution in [0.2, 0.25) is 10.2 Å². The predicted octanol–water partition coefficient (Wildman–Crippen LogP) is 1.28. The highest BCUT2D eigenvalue weighted by Crippen LogP contribution is 2.19. The number of anilines is 1. The number of nitrogen functional groups attached to an aromatic ring is 1. The zero-order chi connectivity index (χ0) is 14.9. The molecule has 0 atom stereocenters. The number of primary amides is 1. The molecular weight excluding hydrogens is 303 g/mol. The molecule has 104 valence electrons. The van der Waals surface area contributed by atoms with Gasteiger partial charge in [-0.2, -0.15) is 0 Å². The van der Waals surface area contributed by atoms with Crippen LogP contribution in [0.25, 0.3) is 0 Å². The van der Waals surface area contributed by atoms with E-state index in [1.807, 2.05) is 0 Å². The SMILES string of the molecule is NC(=O)c1ccc(Cn2cnc(Cl)c(N)c2=O)c(Cl)c1. The van der Waals surface area contributed by atoms with Crippen molar-refractivity contribution in [3.05, 3.63) is 56.2 Å². The number of amides is 1. The molecule has 0 radical (unpaired) electrons. The minimum atomic E-state index is -0.576. The fourth-order valence-corrected chi connectivity index (χ4v) is 1.98. The molecule has 0 saturated heterocycles. The van der Waals surface area contributed by atoms with Gasteiger partial charge in [-0.3, -0.25) is 14.2 Å². The predicted molar refractivity (Wildman–Crippen MR) is 77.0 cm³/mol. The second kappa shape index (κ2) is 5.52. The van der Waals surface area contributed by atoms with Gasteiger partial charge < -0.3 is 11.5 Å². The topological polar surface area (TPSA) is 104 Å². The lowest BCUT2D eigenvalue weighted by molar-refractivity contribution is 0.100. The van der Waals surface area contributed by atoms with Crippen molar-refractivity contribution in [1.82, 2.24) is 9.55 Å². The molecule has 1 amide bonds. The first-order valence-corrected chi connectivity index (χ1v) is 6.24. The van der Waals surface area contributed by atoms with Gasteiger partial charge in [-0.25, -0.2) is 4.98 Å². The Bertz CT molecular complexity index is 743. The van der Waals surface area contributed by atoms with Crippen molar-refractivity contribution in [2.45, 2.75) is 6.54 Å². The van der Waals surface area contributed by atoms with Gasteiger partial charge in [-0.15, -0.1) is 0 Å². The summed E-state index contributed by atoms with van der Waals surface area (Å²) in [5.41, 5.74) is 11.0.